The van der Waals surface area contributed by atoms with Crippen LogP contribution < -0.4 is 15.4 Å². The quantitative estimate of drug-likeness (QED) is 0.872. The topological polar surface area (TPSA) is 50.4 Å². The first-order valence-corrected chi connectivity index (χ1v) is 6.50. The summed E-state index contributed by atoms with van der Waals surface area (Å²) in [7, 11) is 0. The number of halogens is 1. The molecule has 2 N–H and O–H groups in total. The second kappa shape index (κ2) is 6.61. The van der Waals surface area contributed by atoms with E-state index in [1.54, 1.807) is 24.3 Å². The largest absolute Gasteiger partial charge is 0.484 e. The first kappa shape index (κ1) is 13.2. The fraction of sp³-hybridized carbons (Fsp3) is 0.462. The molecule has 1 atom stereocenters. The van der Waals surface area contributed by atoms with Crippen LogP contribution >= 0.6 is 11.6 Å². The Kier molecular flexibility index (Phi) is 4.84. The molecule has 1 fully saturated rings. The molecule has 1 aromatic carbocycles. The summed E-state index contributed by atoms with van der Waals surface area (Å²) in [4.78, 5) is 11.7. The number of amides is 1. The second-order valence-corrected chi connectivity index (χ2v) is 4.79. The minimum absolute atomic E-state index is 0.0398. The molecule has 18 heavy (non-hydrogen) atoms. The number of benzene rings is 1. The van der Waals surface area contributed by atoms with Crippen molar-refractivity contribution in [1.82, 2.24) is 10.6 Å². The van der Waals surface area contributed by atoms with Crippen molar-refractivity contribution in [3.05, 3.63) is 29.3 Å². The van der Waals surface area contributed by atoms with Crippen molar-refractivity contribution in [3.8, 4) is 5.75 Å². The molecule has 0 aliphatic carbocycles. The van der Waals surface area contributed by atoms with E-state index in [1.165, 1.54) is 0 Å². The number of hydrogen-bond donors (Lipinski definition) is 2. The molecule has 1 aliphatic heterocycles. The third kappa shape index (κ3) is 4.20. The molecule has 1 saturated heterocycles. The van der Waals surface area contributed by atoms with Gasteiger partial charge in [-0.25, -0.2) is 0 Å². The molecule has 98 valence electrons. The molecule has 0 saturated carbocycles. The molecule has 0 spiro atoms. The van der Waals surface area contributed by atoms with Gasteiger partial charge in [0.1, 0.15) is 5.75 Å². The standard InChI is InChI=1S/C13H17ClN2O2/c14-10-3-5-12(6-4-10)18-9-13(17)16-11-2-1-7-15-8-11/h3-6,11,15H,1-2,7-9H2,(H,16,17). The zero-order valence-corrected chi connectivity index (χ0v) is 10.9. The molecule has 5 heteroatoms. The molecule has 1 aromatic rings. The predicted molar refractivity (Wildman–Crippen MR) is 71.0 cm³/mol. The van der Waals surface area contributed by atoms with Crippen LogP contribution in [0, 0.1) is 0 Å². The number of nitrogens with one attached hydrogen (secondary N) is 2. The predicted octanol–water partition coefficient (Wildman–Crippen LogP) is 1.59. The van der Waals surface area contributed by atoms with Crippen LogP contribution in [0.3, 0.4) is 0 Å². The summed E-state index contributed by atoms with van der Waals surface area (Å²) in [5, 5.41) is 6.85. The number of piperidine rings is 1. The second-order valence-electron chi connectivity index (χ2n) is 4.35. The third-order valence-electron chi connectivity index (χ3n) is 2.85. The van der Waals surface area contributed by atoms with E-state index in [9.17, 15) is 4.79 Å². The number of rotatable bonds is 4. The maximum absolute atomic E-state index is 11.7. The van der Waals surface area contributed by atoms with Crippen LogP contribution in [0.1, 0.15) is 12.8 Å². The van der Waals surface area contributed by atoms with Gasteiger partial charge in [-0.1, -0.05) is 11.6 Å². The molecule has 4 nitrogen and oxygen atoms in total. The first-order chi connectivity index (χ1) is 8.74. The zero-order valence-electron chi connectivity index (χ0n) is 10.1. The van der Waals surface area contributed by atoms with Gasteiger partial charge in [-0.15, -0.1) is 0 Å². The van der Waals surface area contributed by atoms with Gasteiger partial charge in [0.25, 0.3) is 5.91 Å². The highest BCUT2D eigenvalue weighted by Crippen LogP contribution is 2.15. The molecule has 1 unspecified atom stereocenters. The average molecular weight is 269 g/mol. The maximum Gasteiger partial charge on any atom is 0.258 e. The molecular formula is C13H17ClN2O2. The Morgan fingerprint density at radius 1 is 1.44 bits per heavy atom. The van der Waals surface area contributed by atoms with E-state index in [2.05, 4.69) is 10.6 Å². The van der Waals surface area contributed by atoms with Gasteiger partial charge in [0.05, 0.1) is 0 Å². The van der Waals surface area contributed by atoms with Gasteiger partial charge in [0.2, 0.25) is 0 Å². The van der Waals surface area contributed by atoms with Crippen molar-refractivity contribution >= 4 is 17.5 Å². The van der Waals surface area contributed by atoms with Gasteiger partial charge in [-0.05, 0) is 43.7 Å². The molecule has 1 aliphatic rings. The number of carbonyl (C=O) groups is 1. The Bertz CT molecular complexity index is 388. The summed E-state index contributed by atoms with van der Waals surface area (Å²) in [6.07, 6.45) is 2.13. The monoisotopic (exact) mass is 268 g/mol. The third-order valence-corrected chi connectivity index (χ3v) is 3.10. The van der Waals surface area contributed by atoms with E-state index in [1.807, 2.05) is 0 Å². The highest BCUT2D eigenvalue weighted by molar-refractivity contribution is 6.30. The van der Waals surface area contributed by atoms with Crippen LogP contribution in [0.4, 0.5) is 0 Å². The van der Waals surface area contributed by atoms with Crippen LogP contribution in [-0.4, -0.2) is 31.6 Å². The van der Waals surface area contributed by atoms with Crippen LogP contribution in [0.25, 0.3) is 0 Å². The lowest BCUT2D eigenvalue weighted by Crippen LogP contribution is -2.46. The number of hydrogen-bond acceptors (Lipinski definition) is 3. The summed E-state index contributed by atoms with van der Waals surface area (Å²) >= 11 is 5.76. The van der Waals surface area contributed by atoms with Crippen LogP contribution in [-0.2, 0) is 4.79 Å². The maximum atomic E-state index is 11.7. The van der Waals surface area contributed by atoms with E-state index >= 15 is 0 Å². The Morgan fingerprint density at radius 3 is 2.89 bits per heavy atom. The fourth-order valence-corrected chi connectivity index (χ4v) is 2.05. The normalized spacial score (nSPS) is 19.3. The average Bonchev–Trinajstić information content (AvgIpc) is 2.39. The Hall–Kier alpha value is -1.26. The summed E-state index contributed by atoms with van der Waals surface area (Å²) < 4.78 is 5.37. The van der Waals surface area contributed by atoms with Crippen molar-refractivity contribution in [2.45, 2.75) is 18.9 Å². The smallest absolute Gasteiger partial charge is 0.258 e. The van der Waals surface area contributed by atoms with Crippen LogP contribution in [0.15, 0.2) is 24.3 Å². The van der Waals surface area contributed by atoms with Crippen molar-refractivity contribution in [2.75, 3.05) is 19.7 Å². The number of carbonyl (C=O) groups excluding carboxylic acids is 1. The van der Waals surface area contributed by atoms with E-state index in [0.717, 1.165) is 25.9 Å². The molecule has 1 amide bonds. The van der Waals surface area contributed by atoms with Gasteiger partial charge in [-0.2, -0.15) is 0 Å². The van der Waals surface area contributed by atoms with E-state index in [4.69, 9.17) is 16.3 Å². The summed E-state index contributed by atoms with van der Waals surface area (Å²) in [5.41, 5.74) is 0. The molecule has 2 rings (SSSR count). The van der Waals surface area contributed by atoms with E-state index in [0.29, 0.717) is 10.8 Å². The van der Waals surface area contributed by atoms with Crippen molar-refractivity contribution < 1.29 is 9.53 Å². The van der Waals surface area contributed by atoms with Crippen molar-refractivity contribution in [3.63, 3.8) is 0 Å². The van der Waals surface area contributed by atoms with Crippen LogP contribution in [0.2, 0.25) is 5.02 Å². The minimum atomic E-state index is -0.0846. The van der Waals surface area contributed by atoms with Crippen molar-refractivity contribution in [2.24, 2.45) is 0 Å². The summed E-state index contributed by atoms with van der Waals surface area (Å²) in [6, 6.07) is 7.19. The molecule has 0 aromatic heterocycles. The Labute approximate surface area is 112 Å². The first-order valence-electron chi connectivity index (χ1n) is 6.12. The minimum Gasteiger partial charge on any atom is -0.484 e. The highest BCUT2D eigenvalue weighted by Gasteiger charge is 2.15. The van der Waals surface area contributed by atoms with Gasteiger partial charge in [0.15, 0.2) is 6.61 Å². The van der Waals surface area contributed by atoms with Gasteiger partial charge in [-0.3, -0.25) is 4.79 Å². The summed E-state index contributed by atoms with van der Waals surface area (Å²) in [6.45, 7) is 1.92. The van der Waals surface area contributed by atoms with Gasteiger partial charge >= 0.3 is 0 Å². The SMILES string of the molecule is O=C(COc1ccc(Cl)cc1)NC1CCCNC1. The van der Waals surface area contributed by atoms with Gasteiger partial charge in [0, 0.05) is 17.6 Å². The summed E-state index contributed by atoms with van der Waals surface area (Å²) in [5.74, 6) is 0.565. The van der Waals surface area contributed by atoms with E-state index < -0.39 is 0 Å². The van der Waals surface area contributed by atoms with Crippen LogP contribution in [0.5, 0.6) is 5.75 Å². The highest BCUT2D eigenvalue weighted by atomic mass is 35.5. The lowest BCUT2D eigenvalue weighted by Gasteiger charge is -2.23. The van der Waals surface area contributed by atoms with Gasteiger partial charge < -0.3 is 15.4 Å². The number of ether oxygens (including phenoxy) is 1. The zero-order chi connectivity index (χ0) is 12.8. The Balaban J connectivity index is 1.72. The molecule has 0 bridgehead atoms. The van der Waals surface area contributed by atoms with Crippen molar-refractivity contribution in [1.29, 1.82) is 0 Å². The molecule has 0 radical (unpaired) electrons. The molecule has 1 heterocycles. The Morgan fingerprint density at radius 2 is 2.22 bits per heavy atom. The lowest BCUT2D eigenvalue weighted by atomic mass is 10.1. The van der Waals surface area contributed by atoms with E-state index in [-0.39, 0.29) is 18.6 Å². The fourth-order valence-electron chi connectivity index (χ4n) is 1.92. The molecular weight excluding hydrogens is 252 g/mol. The lowest BCUT2D eigenvalue weighted by molar-refractivity contribution is -0.123.